The lowest BCUT2D eigenvalue weighted by atomic mass is 9.97. The van der Waals surface area contributed by atoms with E-state index in [-0.39, 0.29) is 31.5 Å². The fourth-order valence-electron chi connectivity index (χ4n) is 4.02. The van der Waals surface area contributed by atoms with E-state index >= 15 is 0 Å². The van der Waals surface area contributed by atoms with Crippen molar-refractivity contribution in [2.45, 2.75) is 44.4 Å². The summed E-state index contributed by atoms with van der Waals surface area (Å²) in [5, 5.41) is 3.02. The molecule has 1 atom stereocenters. The number of benzene rings is 1. The summed E-state index contributed by atoms with van der Waals surface area (Å²) in [6.07, 6.45) is -1.74. The van der Waals surface area contributed by atoms with E-state index in [1.807, 2.05) is 18.2 Å². The molecule has 1 aromatic carbocycles. The quantitative estimate of drug-likeness (QED) is 0.849. The van der Waals surface area contributed by atoms with Crippen LogP contribution in [0.1, 0.15) is 31.2 Å². The smallest absolute Gasteiger partial charge is 0.352 e. The zero-order valence-corrected chi connectivity index (χ0v) is 15.5. The van der Waals surface area contributed by atoms with Crippen LogP contribution >= 0.6 is 0 Å². The lowest BCUT2D eigenvalue weighted by molar-refractivity contribution is -0.187. The monoisotopic (exact) mass is 383 g/mol. The van der Waals surface area contributed by atoms with Crippen molar-refractivity contribution in [2.75, 3.05) is 32.7 Å². The Morgan fingerprint density at radius 3 is 2.41 bits per heavy atom. The molecule has 1 amide bonds. The van der Waals surface area contributed by atoms with Gasteiger partial charge in [-0.3, -0.25) is 14.6 Å². The van der Waals surface area contributed by atoms with Crippen molar-refractivity contribution in [1.29, 1.82) is 0 Å². The maximum atomic E-state index is 12.9. The number of rotatable bonds is 5. The van der Waals surface area contributed by atoms with E-state index in [0.29, 0.717) is 13.0 Å². The fourth-order valence-corrected chi connectivity index (χ4v) is 4.02. The van der Waals surface area contributed by atoms with Gasteiger partial charge < -0.3 is 5.32 Å². The summed E-state index contributed by atoms with van der Waals surface area (Å²) in [5.74, 6) is -1.46. The normalized spacial score (nSPS) is 23.3. The molecular formula is C20H28F3N3O. The SMILES string of the molecule is O=C(CN1CCC[C@H](C(F)(F)F)C1)NC1CCN(Cc2ccccc2)CC1. The zero-order chi connectivity index (χ0) is 19.3. The summed E-state index contributed by atoms with van der Waals surface area (Å²) in [5.41, 5.74) is 1.28. The number of amides is 1. The van der Waals surface area contributed by atoms with E-state index in [0.717, 1.165) is 32.5 Å². The average molecular weight is 383 g/mol. The predicted molar refractivity (Wildman–Crippen MR) is 98.1 cm³/mol. The van der Waals surface area contributed by atoms with Gasteiger partial charge in [0.05, 0.1) is 12.5 Å². The molecule has 2 saturated heterocycles. The maximum Gasteiger partial charge on any atom is 0.393 e. The molecule has 0 radical (unpaired) electrons. The van der Waals surface area contributed by atoms with Crippen molar-refractivity contribution >= 4 is 5.91 Å². The lowest BCUT2D eigenvalue weighted by Gasteiger charge is -2.35. The molecule has 27 heavy (non-hydrogen) atoms. The van der Waals surface area contributed by atoms with Crippen LogP contribution in [0.25, 0.3) is 0 Å². The third-order valence-electron chi connectivity index (χ3n) is 5.54. The molecule has 1 aromatic rings. The summed E-state index contributed by atoms with van der Waals surface area (Å²) in [4.78, 5) is 16.3. The molecular weight excluding hydrogens is 355 g/mol. The Balaban J connectivity index is 1.38. The van der Waals surface area contributed by atoms with Gasteiger partial charge in [-0.15, -0.1) is 0 Å². The van der Waals surface area contributed by atoms with Crippen molar-refractivity contribution in [3.63, 3.8) is 0 Å². The molecule has 7 heteroatoms. The van der Waals surface area contributed by atoms with Gasteiger partial charge in [0.25, 0.3) is 0 Å². The highest BCUT2D eigenvalue weighted by molar-refractivity contribution is 5.78. The van der Waals surface area contributed by atoms with Gasteiger partial charge in [-0.2, -0.15) is 13.2 Å². The van der Waals surface area contributed by atoms with E-state index in [4.69, 9.17) is 0 Å². The molecule has 3 rings (SSSR count). The molecule has 150 valence electrons. The number of nitrogens with zero attached hydrogens (tertiary/aromatic N) is 2. The highest BCUT2D eigenvalue weighted by atomic mass is 19.4. The minimum Gasteiger partial charge on any atom is -0.352 e. The molecule has 0 spiro atoms. The van der Waals surface area contributed by atoms with E-state index in [9.17, 15) is 18.0 Å². The Bertz CT molecular complexity index is 600. The number of hydrogen-bond donors (Lipinski definition) is 1. The Hall–Kier alpha value is -1.60. The first-order valence-electron chi connectivity index (χ1n) is 9.75. The van der Waals surface area contributed by atoms with Gasteiger partial charge in [-0.25, -0.2) is 0 Å². The minimum absolute atomic E-state index is 0.0631. The first kappa shape index (κ1) is 20.1. The van der Waals surface area contributed by atoms with Crippen LogP contribution in [0.15, 0.2) is 30.3 Å². The van der Waals surface area contributed by atoms with Crippen LogP contribution in [0, 0.1) is 5.92 Å². The summed E-state index contributed by atoms with van der Waals surface area (Å²) < 4.78 is 38.7. The van der Waals surface area contributed by atoms with E-state index in [1.165, 1.54) is 5.56 Å². The minimum atomic E-state index is -4.17. The fraction of sp³-hybridized carbons (Fsp3) is 0.650. The molecule has 1 N–H and O–H groups in total. The van der Waals surface area contributed by atoms with Crippen molar-refractivity contribution < 1.29 is 18.0 Å². The summed E-state index contributed by atoms with van der Waals surface area (Å²) >= 11 is 0. The number of nitrogens with one attached hydrogen (secondary N) is 1. The molecule has 0 aliphatic carbocycles. The van der Waals surface area contributed by atoms with Crippen LogP contribution in [0.2, 0.25) is 0 Å². The largest absolute Gasteiger partial charge is 0.393 e. The molecule has 0 bridgehead atoms. The van der Waals surface area contributed by atoms with Crippen LogP contribution in [0.4, 0.5) is 13.2 Å². The summed E-state index contributed by atoms with van der Waals surface area (Å²) in [6, 6.07) is 10.4. The summed E-state index contributed by atoms with van der Waals surface area (Å²) in [6.45, 7) is 3.31. The van der Waals surface area contributed by atoms with Gasteiger partial charge in [0.1, 0.15) is 0 Å². The molecule has 0 aromatic heterocycles. The number of halogens is 3. The second-order valence-electron chi connectivity index (χ2n) is 7.72. The van der Waals surface area contributed by atoms with Crippen LogP contribution in [0.3, 0.4) is 0 Å². The number of carbonyl (C=O) groups excluding carboxylic acids is 1. The van der Waals surface area contributed by atoms with E-state index in [1.54, 1.807) is 4.90 Å². The number of likely N-dealkylation sites (tertiary alicyclic amines) is 2. The maximum absolute atomic E-state index is 12.9. The standard InChI is InChI=1S/C20H28F3N3O/c21-20(22,23)17-7-4-10-26(14-17)15-19(27)24-18-8-11-25(12-9-18)13-16-5-2-1-3-6-16/h1-3,5-6,17-18H,4,7-15H2,(H,24,27)/t17-/m0/s1. The lowest BCUT2D eigenvalue weighted by Crippen LogP contribution is -2.49. The molecule has 2 fully saturated rings. The van der Waals surface area contributed by atoms with Crippen LogP contribution in [0.5, 0.6) is 0 Å². The zero-order valence-electron chi connectivity index (χ0n) is 15.5. The van der Waals surface area contributed by atoms with Crippen molar-refractivity contribution in [3.8, 4) is 0 Å². The second-order valence-corrected chi connectivity index (χ2v) is 7.72. The number of hydrogen-bond acceptors (Lipinski definition) is 3. The van der Waals surface area contributed by atoms with Gasteiger partial charge in [0.2, 0.25) is 5.91 Å². The van der Waals surface area contributed by atoms with E-state index < -0.39 is 12.1 Å². The van der Waals surface area contributed by atoms with Crippen molar-refractivity contribution in [1.82, 2.24) is 15.1 Å². The van der Waals surface area contributed by atoms with Crippen LogP contribution in [-0.2, 0) is 11.3 Å². The van der Waals surface area contributed by atoms with Crippen LogP contribution < -0.4 is 5.32 Å². The number of alkyl halides is 3. The predicted octanol–water partition coefficient (Wildman–Crippen LogP) is 3.04. The molecule has 0 unspecified atom stereocenters. The third-order valence-corrected chi connectivity index (χ3v) is 5.54. The average Bonchev–Trinajstić information content (AvgIpc) is 2.64. The third kappa shape index (κ3) is 6.21. The molecule has 4 nitrogen and oxygen atoms in total. The number of carbonyl (C=O) groups is 1. The molecule has 2 aliphatic rings. The van der Waals surface area contributed by atoms with Crippen LogP contribution in [-0.4, -0.2) is 60.6 Å². The second kappa shape index (κ2) is 9.06. The molecule has 0 saturated carbocycles. The van der Waals surface area contributed by atoms with Gasteiger partial charge in [0.15, 0.2) is 0 Å². The Labute approximate surface area is 158 Å². The Morgan fingerprint density at radius 1 is 1.04 bits per heavy atom. The van der Waals surface area contributed by atoms with E-state index in [2.05, 4.69) is 22.3 Å². The topological polar surface area (TPSA) is 35.6 Å². The first-order chi connectivity index (χ1) is 12.9. The molecule has 2 aliphatic heterocycles. The number of piperidine rings is 2. The van der Waals surface area contributed by atoms with Crippen molar-refractivity contribution in [2.24, 2.45) is 5.92 Å². The Morgan fingerprint density at radius 2 is 1.74 bits per heavy atom. The van der Waals surface area contributed by atoms with Gasteiger partial charge in [-0.05, 0) is 37.8 Å². The highest BCUT2D eigenvalue weighted by Gasteiger charge is 2.42. The summed E-state index contributed by atoms with van der Waals surface area (Å²) in [7, 11) is 0. The highest BCUT2D eigenvalue weighted by Crippen LogP contribution is 2.32. The van der Waals surface area contributed by atoms with Gasteiger partial charge in [-0.1, -0.05) is 30.3 Å². The van der Waals surface area contributed by atoms with Gasteiger partial charge >= 0.3 is 6.18 Å². The Kier molecular flexibility index (Phi) is 6.76. The van der Waals surface area contributed by atoms with Gasteiger partial charge in [0, 0.05) is 32.2 Å². The first-order valence-corrected chi connectivity index (χ1v) is 9.75. The molecule has 2 heterocycles. The van der Waals surface area contributed by atoms with Crippen molar-refractivity contribution in [3.05, 3.63) is 35.9 Å².